The summed E-state index contributed by atoms with van der Waals surface area (Å²) in [4.78, 5) is 4.33. The SMILES string of the molecule is CCNCc1cc2ccccc2n1Cc1ncnn1C. The monoisotopic (exact) mass is 269 g/mol. The molecule has 0 aliphatic rings. The Morgan fingerprint density at radius 2 is 2.10 bits per heavy atom. The van der Waals surface area contributed by atoms with Crippen LogP contribution in [0.3, 0.4) is 0 Å². The number of nitrogens with zero attached hydrogens (tertiary/aromatic N) is 4. The summed E-state index contributed by atoms with van der Waals surface area (Å²) in [6.07, 6.45) is 1.60. The van der Waals surface area contributed by atoms with Gasteiger partial charge in [-0.2, -0.15) is 5.10 Å². The molecule has 0 atom stereocenters. The summed E-state index contributed by atoms with van der Waals surface area (Å²) >= 11 is 0. The Hall–Kier alpha value is -2.14. The number of rotatable bonds is 5. The minimum absolute atomic E-state index is 0.741. The molecular formula is C15H19N5. The highest BCUT2D eigenvalue weighted by Crippen LogP contribution is 2.20. The first kappa shape index (κ1) is 12.9. The van der Waals surface area contributed by atoms with Gasteiger partial charge in [-0.3, -0.25) is 4.68 Å². The van der Waals surface area contributed by atoms with Gasteiger partial charge >= 0.3 is 0 Å². The predicted octanol–water partition coefficient (Wildman–Crippen LogP) is 1.93. The van der Waals surface area contributed by atoms with Crippen molar-refractivity contribution in [2.45, 2.75) is 20.0 Å². The third-order valence-electron chi connectivity index (χ3n) is 3.56. The van der Waals surface area contributed by atoms with Gasteiger partial charge in [0, 0.05) is 24.8 Å². The first-order valence-electron chi connectivity index (χ1n) is 6.90. The number of fused-ring (bicyclic) bond motifs is 1. The van der Waals surface area contributed by atoms with Gasteiger partial charge in [0.1, 0.15) is 12.2 Å². The smallest absolute Gasteiger partial charge is 0.146 e. The molecule has 0 radical (unpaired) electrons. The van der Waals surface area contributed by atoms with Crippen LogP contribution in [0.1, 0.15) is 18.4 Å². The largest absolute Gasteiger partial charge is 0.336 e. The summed E-state index contributed by atoms with van der Waals surface area (Å²) in [5.74, 6) is 0.962. The molecule has 20 heavy (non-hydrogen) atoms. The number of nitrogens with one attached hydrogen (secondary N) is 1. The lowest BCUT2D eigenvalue weighted by molar-refractivity contribution is 0.624. The van der Waals surface area contributed by atoms with E-state index in [4.69, 9.17) is 0 Å². The van der Waals surface area contributed by atoms with Crippen LogP contribution in [-0.4, -0.2) is 25.9 Å². The van der Waals surface area contributed by atoms with Gasteiger partial charge in [0.2, 0.25) is 0 Å². The highest BCUT2D eigenvalue weighted by atomic mass is 15.3. The quantitative estimate of drug-likeness (QED) is 0.770. The van der Waals surface area contributed by atoms with Crippen LogP contribution in [0.4, 0.5) is 0 Å². The molecule has 0 amide bonds. The summed E-state index contributed by atoms with van der Waals surface area (Å²) in [5.41, 5.74) is 2.51. The molecule has 0 saturated heterocycles. The van der Waals surface area contributed by atoms with Gasteiger partial charge in [-0.05, 0) is 24.1 Å². The first-order chi connectivity index (χ1) is 9.79. The van der Waals surface area contributed by atoms with E-state index in [1.54, 1.807) is 6.33 Å². The van der Waals surface area contributed by atoms with Gasteiger partial charge in [0.05, 0.1) is 6.54 Å². The molecule has 1 aromatic carbocycles. The molecule has 0 aliphatic heterocycles. The molecule has 3 aromatic rings. The van der Waals surface area contributed by atoms with E-state index in [-0.39, 0.29) is 0 Å². The molecule has 0 unspecified atom stereocenters. The number of para-hydroxylation sites is 1. The van der Waals surface area contributed by atoms with Crippen LogP contribution in [0.15, 0.2) is 36.7 Å². The Morgan fingerprint density at radius 3 is 2.85 bits per heavy atom. The maximum Gasteiger partial charge on any atom is 0.146 e. The zero-order valence-electron chi connectivity index (χ0n) is 11.9. The van der Waals surface area contributed by atoms with Gasteiger partial charge in [-0.25, -0.2) is 4.98 Å². The van der Waals surface area contributed by atoms with Crippen LogP contribution in [0.25, 0.3) is 10.9 Å². The summed E-state index contributed by atoms with van der Waals surface area (Å²) in [5, 5.41) is 8.81. The molecule has 2 heterocycles. The molecule has 0 aliphatic carbocycles. The second-order valence-electron chi connectivity index (χ2n) is 4.86. The Bertz CT molecular complexity index is 710. The minimum Gasteiger partial charge on any atom is -0.336 e. The number of hydrogen-bond acceptors (Lipinski definition) is 3. The lowest BCUT2D eigenvalue weighted by Crippen LogP contribution is -2.17. The summed E-state index contributed by atoms with van der Waals surface area (Å²) < 4.78 is 4.13. The molecule has 104 valence electrons. The maximum atomic E-state index is 4.33. The second-order valence-corrected chi connectivity index (χ2v) is 4.86. The highest BCUT2D eigenvalue weighted by molar-refractivity contribution is 5.81. The highest BCUT2D eigenvalue weighted by Gasteiger charge is 2.10. The van der Waals surface area contributed by atoms with Crippen LogP contribution in [0.5, 0.6) is 0 Å². The number of aryl methyl sites for hydroxylation is 1. The van der Waals surface area contributed by atoms with Crippen LogP contribution < -0.4 is 5.32 Å². The van der Waals surface area contributed by atoms with Crippen LogP contribution in [0.2, 0.25) is 0 Å². The van der Waals surface area contributed by atoms with Crippen molar-refractivity contribution in [2.75, 3.05) is 6.54 Å². The Morgan fingerprint density at radius 1 is 1.25 bits per heavy atom. The van der Waals surface area contributed by atoms with Crippen molar-refractivity contribution < 1.29 is 0 Å². The Labute approximate surface area is 118 Å². The molecule has 2 aromatic heterocycles. The zero-order chi connectivity index (χ0) is 13.9. The van der Waals surface area contributed by atoms with E-state index in [1.807, 2.05) is 11.7 Å². The Kier molecular flexibility index (Phi) is 3.52. The van der Waals surface area contributed by atoms with Crippen LogP contribution >= 0.6 is 0 Å². The van der Waals surface area contributed by atoms with E-state index >= 15 is 0 Å². The first-order valence-corrected chi connectivity index (χ1v) is 6.90. The molecule has 3 rings (SSSR count). The summed E-state index contributed by atoms with van der Waals surface area (Å²) in [7, 11) is 1.93. The fraction of sp³-hybridized carbons (Fsp3) is 0.333. The van der Waals surface area contributed by atoms with Crippen LogP contribution in [0, 0.1) is 0 Å². The molecule has 0 bridgehead atoms. The van der Waals surface area contributed by atoms with Crippen molar-refractivity contribution in [3.63, 3.8) is 0 Å². The molecule has 5 heteroatoms. The number of hydrogen-bond donors (Lipinski definition) is 1. The summed E-state index contributed by atoms with van der Waals surface area (Å²) in [6.45, 7) is 4.69. The molecule has 5 nitrogen and oxygen atoms in total. The van der Waals surface area contributed by atoms with Crippen molar-refractivity contribution in [3.05, 3.63) is 48.2 Å². The van der Waals surface area contributed by atoms with Crippen molar-refractivity contribution in [1.82, 2.24) is 24.6 Å². The number of benzene rings is 1. The lowest BCUT2D eigenvalue weighted by Gasteiger charge is -2.10. The van der Waals surface area contributed by atoms with E-state index in [0.717, 1.165) is 25.5 Å². The summed E-state index contributed by atoms with van der Waals surface area (Å²) in [6, 6.07) is 10.7. The Balaban J connectivity index is 2.04. The topological polar surface area (TPSA) is 47.7 Å². The van der Waals surface area contributed by atoms with E-state index in [0.29, 0.717) is 0 Å². The molecule has 0 spiro atoms. The molecule has 0 fully saturated rings. The van der Waals surface area contributed by atoms with Crippen LogP contribution in [-0.2, 0) is 20.1 Å². The van der Waals surface area contributed by atoms with E-state index in [1.165, 1.54) is 16.6 Å². The maximum absolute atomic E-state index is 4.33. The van der Waals surface area contributed by atoms with E-state index in [9.17, 15) is 0 Å². The van der Waals surface area contributed by atoms with Gasteiger partial charge in [-0.15, -0.1) is 0 Å². The van der Waals surface area contributed by atoms with Gasteiger partial charge in [0.15, 0.2) is 0 Å². The van der Waals surface area contributed by atoms with Gasteiger partial charge in [0.25, 0.3) is 0 Å². The lowest BCUT2D eigenvalue weighted by atomic mass is 10.2. The molecule has 1 N–H and O–H groups in total. The average molecular weight is 269 g/mol. The third-order valence-corrected chi connectivity index (χ3v) is 3.56. The van der Waals surface area contributed by atoms with E-state index < -0.39 is 0 Å². The zero-order valence-corrected chi connectivity index (χ0v) is 11.9. The molecule has 0 saturated carbocycles. The van der Waals surface area contributed by atoms with Crippen molar-refractivity contribution in [3.8, 4) is 0 Å². The van der Waals surface area contributed by atoms with Crippen molar-refractivity contribution in [2.24, 2.45) is 7.05 Å². The van der Waals surface area contributed by atoms with Crippen molar-refractivity contribution >= 4 is 10.9 Å². The van der Waals surface area contributed by atoms with Gasteiger partial charge < -0.3 is 9.88 Å². The van der Waals surface area contributed by atoms with E-state index in [2.05, 4.69) is 57.2 Å². The minimum atomic E-state index is 0.741. The van der Waals surface area contributed by atoms with Gasteiger partial charge in [-0.1, -0.05) is 25.1 Å². The van der Waals surface area contributed by atoms with Crippen molar-refractivity contribution in [1.29, 1.82) is 0 Å². The third kappa shape index (κ3) is 2.32. The predicted molar refractivity (Wildman–Crippen MR) is 79.4 cm³/mol. The standard InChI is InChI=1S/C15H19N5/c1-3-16-9-13-8-12-6-4-5-7-14(12)20(13)10-15-17-11-18-19(15)2/h4-8,11,16H,3,9-10H2,1-2H3. The number of aromatic nitrogens is 4. The normalized spacial score (nSPS) is 11.3. The second kappa shape index (κ2) is 5.46. The fourth-order valence-corrected chi connectivity index (χ4v) is 2.46. The fourth-order valence-electron chi connectivity index (χ4n) is 2.46. The average Bonchev–Trinajstić information content (AvgIpc) is 3.02. The molecular weight excluding hydrogens is 250 g/mol.